The molecule has 2 nitrogen and oxygen atoms in total. The fourth-order valence-corrected chi connectivity index (χ4v) is 10.9. The zero-order chi connectivity index (χ0) is 43.3. The lowest BCUT2D eigenvalue weighted by Gasteiger charge is -2.18. The third-order valence-corrected chi connectivity index (χ3v) is 13.9. The van der Waals surface area contributed by atoms with Crippen LogP contribution in [0.15, 0.2) is 239 Å². The molecule has 0 unspecified atom stereocenters. The van der Waals surface area contributed by atoms with Crippen molar-refractivity contribution in [1.82, 2.24) is 0 Å². The molecule has 306 valence electrons. The first-order valence-corrected chi connectivity index (χ1v) is 22.6. The van der Waals surface area contributed by atoms with Crippen molar-refractivity contribution >= 4 is 87.0 Å². The highest BCUT2D eigenvalue weighted by Gasteiger charge is 2.20. The van der Waals surface area contributed by atoms with Gasteiger partial charge in [0.05, 0.1) is 0 Å². The van der Waals surface area contributed by atoms with Crippen LogP contribution in [0.5, 0.6) is 0 Å². The van der Waals surface area contributed by atoms with Gasteiger partial charge in [-0.1, -0.05) is 194 Å². The average Bonchev–Trinajstić information content (AvgIpc) is 3.95. The summed E-state index contributed by atoms with van der Waals surface area (Å²) in [4.78, 5) is 0. The molecule has 66 heavy (non-hydrogen) atoms. The standard InChI is InChI=1S/C64H38O2/c1-5-19-51-47(15-1)61(48-16-2-6-20-52(48)63(51)43-33-35-59-55(37-43)45-13-9-11-23-57(45)65-59)41-29-25-39(26-30-41)40-27-31-42(32-28-40)62-49-17-3-7-21-53(49)64(54-22-8-4-18-50(54)62)44-34-36-60-56(38-44)46-14-10-12-24-58(46)66-60/h1-38H. The molecule has 0 radical (unpaired) electrons. The number of benzene rings is 12. The molecule has 0 amide bonds. The summed E-state index contributed by atoms with van der Waals surface area (Å²) in [5.74, 6) is 0. The third-order valence-electron chi connectivity index (χ3n) is 13.9. The van der Waals surface area contributed by atoms with Crippen LogP contribution in [0.1, 0.15) is 0 Å². The Morgan fingerprint density at radius 2 is 0.394 bits per heavy atom. The van der Waals surface area contributed by atoms with Crippen LogP contribution in [0.2, 0.25) is 0 Å². The minimum atomic E-state index is 0.908. The Kier molecular flexibility index (Phi) is 8.02. The van der Waals surface area contributed by atoms with Crippen molar-refractivity contribution in [2.75, 3.05) is 0 Å². The van der Waals surface area contributed by atoms with Crippen LogP contribution in [-0.2, 0) is 0 Å². The summed E-state index contributed by atoms with van der Waals surface area (Å²) in [7, 11) is 0. The van der Waals surface area contributed by atoms with Crippen LogP contribution < -0.4 is 0 Å². The van der Waals surface area contributed by atoms with Crippen molar-refractivity contribution in [3.05, 3.63) is 231 Å². The van der Waals surface area contributed by atoms with E-state index in [4.69, 9.17) is 8.83 Å². The van der Waals surface area contributed by atoms with Crippen LogP contribution in [-0.4, -0.2) is 0 Å². The van der Waals surface area contributed by atoms with Gasteiger partial charge in [-0.15, -0.1) is 0 Å². The zero-order valence-corrected chi connectivity index (χ0v) is 35.8. The van der Waals surface area contributed by atoms with E-state index in [0.717, 1.165) is 43.9 Å². The minimum Gasteiger partial charge on any atom is -0.456 e. The molecule has 0 N–H and O–H groups in total. The molecule has 0 bridgehead atoms. The summed E-state index contributed by atoms with van der Waals surface area (Å²) in [6, 6.07) is 83.7. The Bertz CT molecular complexity index is 3870. The molecule has 2 heteroatoms. The summed E-state index contributed by atoms with van der Waals surface area (Å²) in [6.45, 7) is 0. The first kappa shape index (κ1) is 36.7. The molecule has 0 saturated heterocycles. The lowest BCUT2D eigenvalue weighted by molar-refractivity contribution is 0.668. The average molecular weight is 839 g/mol. The lowest BCUT2D eigenvalue weighted by Crippen LogP contribution is -1.91. The van der Waals surface area contributed by atoms with Crippen LogP contribution in [0.4, 0.5) is 0 Å². The smallest absolute Gasteiger partial charge is 0.135 e. The number of rotatable bonds is 5. The van der Waals surface area contributed by atoms with E-state index in [9.17, 15) is 0 Å². The topological polar surface area (TPSA) is 26.3 Å². The minimum absolute atomic E-state index is 0.908. The third kappa shape index (κ3) is 5.55. The molecule has 12 aromatic carbocycles. The van der Waals surface area contributed by atoms with E-state index < -0.39 is 0 Å². The van der Waals surface area contributed by atoms with E-state index in [-0.39, 0.29) is 0 Å². The molecule has 0 aliphatic carbocycles. The van der Waals surface area contributed by atoms with Crippen LogP contribution in [0.3, 0.4) is 0 Å². The maximum atomic E-state index is 6.23. The van der Waals surface area contributed by atoms with E-state index in [0.29, 0.717) is 0 Å². The largest absolute Gasteiger partial charge is 0.456 e. The highest BCUT2D eigenvalue weighted by atomic mass is 16.3. The quantitative estimate of drug-likeness (QED) is 0.161. The maximum absolute atomic E-state index is 6.23. The molecular formula is C64H38O2. The summed E-state index contributed by atoms with van der Waals surface area (Å²) < 4.78 is 12.5. The van der Waals surface area contributed by atoms with E-state index in [1.54, 1.807) is 0 Å². The van der Waals surface area contributed by atoms with Crippen LogP contribution in [0.25, 0.3) is 143 Å². The van der Waals surface area contributed by atoms with Gasteiger partial charge < -0.3 is 8.83 Å². The Hall–Kier alpha value is -8.72. The van der Waals surface area contributed by atoms with Crippen LogP contribution >= 0.6 is 0 Å². The van der Waals surface area contributed by atoms with Gasteiger partial charge in [0.2, 0.25) is 0 Å². The van der Waals surface area contributed by atoms with Crippen molar-refractivity contribution in [1.29, 1.82) is 0 Å². The summed E-state index contributed by atoms with van der Waals surface area (Å²) in [5.41, 5.74) is 15.8. The summed E-state index contributed by atoms with van der Waals surface area (Å²) in [5, 5.41) is 14.4. The second kappa shape index (κ2) is 14.4. The Labute approximate surface area is 380 Å². The van der Waals surface area contributed by atoms with Gasteiger partial charge in [0.1, 0.15) is 22.3 Å². The summed E-state index contributed by atoms with van der Waals surface area (Å²) in [6.07, 6.45) is 0. The molecule has 0 fully saturated rings. The van der Waals surface area contributed by atoms with Crippen LogP contribution in [0, 0.1) is 0 Å². The maximum Gasteiger partial charge on any atom is 0.135 e. The number of para-hydroxylation sites is 2. The molecule has 0 aliphatic heterocycles. The van der Waals surface area contributed by atoms with Gasteiger partial charge in [-0.3, -0.25) is 0 Å². The molecule has 0 saturated carbocycles. The fraction of sp³-hybridized carbons (Fsp3) is 0. The zero-order valence-electron chi connectivity index (χ0n) is 35.8. The molecular weight excluding hydrogens is 801 g/mol. The number of hydrogen-bond donors (Lipinski definition) is 0. The van der Waals surface area contributed by atoms with Gasteiger partial charge in [-0.05, 0) is 135 Å². The highest BCUT2D eigenvalue weighted by Crippen LogP contribution is 2.47. The van der Waals surface area contributed by atoms with Gasteiger partial charge in [0.25, 0.3) is 0 Å². The van der Waals surface area contributed by atoms with Crippen molar-refractivity contribution in [2.45, 2.75) is 0 Å². The van der Waals surface area contributed by atoms with Gasteiger partial charge in [0.15, 0.2) is 0 Å². The fourth-order valence-electron chi connectivity index (χ4n) is 10.9. The molecule has 2 heterocycles. The Morgan fingerprint density at radius 3 is 0.712 bits per heavy atom. The normalized spacial score (nSPS) is 11.9. The predicted molar refractivity (Wildman–Crippen MR) is 278 cm³/mol. The van der Waals surface area contributed by atoms with Gasteiger partial charge in [0, 0.05) is 21.5 Å². The molecule has 0 spiro atoms. The van der Waals surface area contributed by atoms with Gasteiger partial charge in [-0.2, -0.15) is 0 Å². The van der Waals surface area contributed by atoms with Gasteiger partial charge >= 0.3 is 0 Å². The number of furan rings is 2. The summed E-state index contributed by atoms with van der Waals surface area (Å²) >= 11 is 0. The SMILES string of the molecule is c1ccc2c(c1)oc1ccc(-c3c4ccccc4c(-c4ccc(-c5ccc(-c6c7ccccc7c(-c7ccc8oc9ccccc9c8c7)c7ccccc67)cc5)cc4)c4ccccc34)cc12. The second-order valence-corrected chi connectivity index (χ2v) is 17.5. The van der Waals surface area contributed by atoms with Gasteiger partial charge in [-0.25, -0.2) is 0 Å². The molecule has 14 aromatic rings. The van der Waals surface area contributed by atoms with E-state index >= 15 is 0 Å². The monoisotopic (exact) mass is 838 g/mol. The van der Waals surface area contributed by atoms with Crippen molar-refractivity contribution < 1.29 is 8.83 Å². The van der Waals surface area contributed by atoms with Crippen molar-refractivity contribution in [2.24, 2.45) is 0 Å². The highest BCUT2D eigenvalue weighted by molar-refractivity contribution is 6.24. The van der Waals surface area contributed by atoms with Crippen molar-refractivity contribution in [3.8, 4) is 55.6 Å². The molecule has 14 rings (SSSR count). The first-order valence-electron chi connectivity index (χ1n) is 22.6. The number of hydrogen-bond acceptors (Lipinski definition) is 2. The molecule has 0 aliphatic rings. The molecule has 0 atom stereocenters. The van der Waals surface area contributed by atoms with E-state index in [1.807, 2.05) is 24.3 Å². The number of fused-ring (bicyclic) bond motifs is 10. The lowest BCUT2D eigenvalue weighted by atomic mass is 9.85. The Morgan fingerprint density at radius 1 is 0.167 bits per heavy atom. The Balaban J connectivity index is 0.856. The van der Waals surface area contributed by atoms with E-state index in [2.05, 4.69) is 206 Å². The van der Waals surface area contributed by atoms with Crippen molar-refractivity contribution in [3.63, 3.8) is 0 Å². The van der Waals surface area contributed by atoms with E-state index in [1.165, 1.54) is 98.7 Å². The first-order chi connectivity index (χ1) is 32.7. The predicted octanol–water partition coefficient (Wildman–Crippen LogP) is 18.4. The second-order valence-electron chi connectivity index (χ2n) is 17.5. The molecule has 2 aromatic heterocycles.